The van der Waals surface area contributed by atoms with Gasteiger partial charge in [0, 0.05) is 29.0 Å². The van der Waals surface area contributed by atoms with Crippen molar-refractivity contribution in [2.45, 2.75) is 42.8 Å². The molecule has 0 radical (unpaired) electrons. The zero-order chi connectivity index (χ0) is 24.8. The Labute approximate surface area is 191 Å². The first-order valence-corrected chi connectivity index (χ1v) is 11.1. The number of rotatable bonds is 6. The van der Waals surface area contributed by atoms with Crippen LogP contribution >= 0.6 is 0 Å². The molecule has 0 amide bonds. The molecule has 0 aliphatic carbocycles. The van der Waals surface area contributed by atoms with Gasteiger partial charge in [-0.15, -0.1) is 4.72 Å². The highest BCUT2D eigenvalue weighted by atomic mass is 32.2. The largest absolute Gasteiger partial charge is 0.598 e. The Morgan fingerprint density at radius 1 is 1.24 bits per heavy atom. The molecule has 1 aliphatic heterocycles. The van der Waals surface area contributed by atoms with Crippen LogP contribution in [0.2, 0.25) is 0 Å². The Kier molecular flexibility index (Phi) is 6.75. The molecule has 3 rings (SSSR count). The summed E-state index contributed by atoms with van der Waals surface area (Å²) < 4.78 is 75.4. The van der Waals surface area contributed by atoms with Crippen LogP contribution in [0, 0.1) is 5.82 Å². The summed E-state index contributed by atoms with van der Waals surface area (Å²) >= 11 is -1.74. The first kappa shape index (κ1) is 25.7. The molecule has 2 heterocycles. The third kappa shape index (κ3) is 4.55. The molecular formula is C21H25F4N3O4S. The van der Waals surface area contributed by atoms with Gasteiger partial charge in [-0.25, -0.2) is 9.37 Å². The SMILES string of the molecule is CC(C)(C)[S+]([O-])NC1(CO)COc2c1cc(C(O)(CN)C(F)(F)F)nc2-c1ccc(F)cc1. The van der Waals surface area contributed by atoms with Crippen LogP contribution in [-0.2, 0) is 22.5 Å². The van der Waals surface area contributed by atoms with Gasteiger partial charge in [-0.3, -0.25) is 0 Å². The van der Waals surface area contributed by atoms with Gasteiger partial charge in [-0.1, -0.05) is 0 Å². The Morgan fingerprint density at radius 2 is 1.85 bits per heavy atom. The lowest BCUT2D eigenvalue weighted by atomic mass is 9.89. The van der Waals surface area contributed by atoms with Crippen LogP contribution in [0.4, 0.5) is 17.6 Å². The molecule has 0 saturated heterocycles. The minimum Gasteiger partial charge on any atom is -0.598 e. The summed E-state index contributed by atoms with van der Waals surface area (Å²) in [6, 6.07) is 5.71. The van der Waals surface area contributed by atoms with Crippen LogP contribution in [0.3, 0.4) is 0 Å². The van der Waals surface area contributed by atoms with E-state index in [1.807, 2.05) is 0 Å². The van der Waals surface area contributed by atoms with Crippen LogP contribution in [-0.4, -0.2) is 50.4 Å². The number of hydrogen-bond donors (Lipinski definition) is 4. The fourth-order valence-corrected chi connectivity index (χ4v) is 4.16. The molecule has 33 heavy (non-hydrogen) atoms. The third-order valence-electron chi connectivity index (χ3n) is 5.37. The van der Waals surface area contributed by atoms with E-state index in [1.54, 1.807) is 20.8 Å². The van der Waals surface area contributed by atoms with Crippen LogP contribution in [0.15, 0.2) is 30.3 Å². The predicted molar refractivity (Wildman–Crippen MR) is 114 cm³/mol. The summed E-state index contributed by atoms with van der Waals surface area (Å²) in [6.45, 7) is 2.86. The molecule has 2 aromatic rings. The van der Waals surface area contributed by atoms with Gasteiger partial charge < -0.3 is 25.2 Å². The number of fused-ring (bicyclic) bond motifs is 1. The third-order valence-corrected chi connectivity index (χ3v) is 7.06. The number of nitrogens with two attached hydrogens (primary N) is 1. The van der Waals surface area contributed by atoms with Crippen molar-refractivity contribution < 1.29 is 37.1 Å². The van der Waals surface area contributed by atoms with Gasteiger partial charge in [-0.05, 0) is 51.1 Å². The summed E-state index contributed by atoms with van der Waals surface area (Å²) in [6.07, 6.45) is -5.17. The first-order chi connectivity index (χ1) is 15.2. The van der Waals surface area contributed by atoms with Crippen LogP contribution < -0.4 is 15.2 Å². The average molecular weight is 492 g/mol. The van der Waals surface area contributed by atoms with Gasteiger partial charge >= 0.3 is 6.18 Å². The number of benzene rings is 1. The molecular weight excluding hydrogens is 466 g/mol. The lowest BCUT2D eigenvalue weighted by molar-refractivity contribution is -0.263. The van der Waals surface area contributed by atoms with Gasteiger partial charge in [-0.2, -0.15) is 13.2 Å². The molecule has 1 aromatic carbocycles. The number of halogens is 4. The highest BCUT2D eigenvalue weighted by Gasteiger charge is 2.57. The zero-order valence-corrected chi connectivity index (χ0v) is 19.0. The maximum atomic E-state index is 13.8. The summed E-state index contributed by atoms with van der Waals surface area (Å²) in [7, 11) is 0. The summed E-state index contributed by atoms with van der Waals surface area (Å²) in [5.41, 5.74) is -0.470. The second-order valence-electron chi connectivity index (χ2n) is 8.81. The number of aliphatic hydroxyl groups is 2. The van der Waals surface area contributed by atoms with Gasteiger partial charge in [0.2, 0.25) is 5.60 Å². The van der Waals surface area contributed by atoms with Crippen molar-refractivity contribution in [3.05, 3.63) is 47.4 Å². The highest BCUT2D eigenvalue weighted by Crippen LogP contribution is 2.47. The molecule has 0 saturated carbocycles. The maximum absolute atomic E-state index is 13.8. The van der Waals surface area contributed by atoms with Crippen LogP contribution in [0.5, 0.6) is 5.75 Å². The Morgan fingerprint density at radius 3 is 2.33 bits per heavy atom. The molecule has 1 aliphatic rings. The molecule has 1 aromatic heterocycles. The number of ether oxygens (including phenoxy) is 1. The second kappa shape index (κ2) is 8.67. The maximum Gasteiger partial charge on any atom is 0.424 e. The molecule has 3 unspecified atom stereocenters. The van der Waals surface area contributed by atoms with Gasteiger partial charge in [0.1, 0.15) is 28.4 Å². The Bertz CT molecular complexity index is 1020. The zero-order valence-electron chi connectivity index (χ0n) is 18.2. The van der Waals surface area contributed by atoms with E-state index in [0.717, 1.165) is 18.2 Å². The quantitative estimate of drug-likeness (QED) is 0.361. The lowest BCUT2D eigenvalue weighted by Gasteiger charge is -2.33. The monoisotopic (exact) mass is 491 g/mol. The number of alkyl halides is 3. The minimum absolute atomic E-state index is 0.0133. The lowest BCUT2D eigenvalue weighted by Crippen LogP contribution is -2.54. The second-order valence-corrected chi connectivity index (χ2v) is 10.8. The van der Waals surface area contributed by atoms with Gasteiger partial charge in [0.15, 0.2) is 5.75 Å². The van der Waals surface area contributed by atoms with Crippen molar-refractivity contribution in [1.29, 1.82) is 0 Å². The van der Waals surface area contributed by atoms with Crippen molar-refractivity contribution in [2.75, 3.05) is 19.8 Å². The van der Waals surface area contributed by atoms with E-state index in [1.165, 1.54) is 12.1 Å². The molecule has 7 nitrogen and oxygen atoms in total. The molecule has 0 bridgehead atoms. The standard InChI is InChI=1S/C21H25F4N3O4S/c1-18(2,3)33(31)28-19(10-29)11-32-17-14(19)8-15(20(30,9-26)21(23,24)25)27-16(17)12-4-6-13(22)7-5-12/h4-8,28-30H,9-11,26H2,1-3H3. The van der Waals surface area contributed by atoms with E-state index in [9.17, 15) is 32.3 Å². The molecule has 3 atom stereocenters. The van der Waals surface area contributed by atoms with E-state index in [4.69, 9.17) is 10.5 Å². The van der Waals surface area contributed by atoms with Crippen molar-refractivity contribution in [3.63, 3.8) is 0 Å². The van der Waals surface area contributed by atoms with E-state index in [-0.39, 0.29) is 29.2 Å². The normalized spacial score (nSPS) is 21.3. The summed E-state index contributed by atoms with van der Waals surface area (Å²) in [5.74, 6) is -0.562. The van der Waals surface area contributed by atoms with Crippen LogP contribution in [0.1, 0.15) is 32.0 Å². The van der Waals surface area contributed by atoms with Crippen LogP contribution in [0.25, 0.3) is 11.3 Å². The number of pyridine rings is 1. The number of nitrogens with zero attached hydrogens (tertiary/aromatic N) is 1. The van der Waals surface area contributed by atoms with E-state index < -0.39 is 58.1 Å². The Balaban J connectivity index is 2.29. The van der Waals surface area contributed by atoms with E-state index in [2.05, 4.69) is 9.71 Å². The fraction of sp³-hybridized carbons (Fsp3) is 0.476. The number of hydrogen-bond acceptors (Lipinski definition) is 7. The Hall–Kier alpha value is -1.96. The van der Waals surface area contributed by atoms with E-state index >= 15 is 0 Å². The molecule has 12 heteroatoms. The average Bonchev–Trinajstić information content (AvgIpc) is 3.10. The highest BCUT2D eigenvalue weighted by molar-refractivity contribution is 7.90. The molecule has 0 spiro atoms. The molecule has 0 fully saturated rings. The van der Waals surface area contributed by atoms with E-state index in [0.29, 0.717) is 0 Å². The number of aromatic nitrogens is 1. The van der Waals surface area contributed by atoms with Gasteiger partial charge in [0.05, 0.1) is 12.3 Å². The smallest absolute Gasteiger partial charge is 0.424 e. The van der Waals surface area contributed by atoms with Crippen molar-refractivity contribution in [1.82, 2.24) is 9.71 Å². The predicted octanol–water partition coefficient (Wildman–Crippen LogP) is 2.23. The first-order valence-electron chi connectivity index (χ1n) is 9.93. The summed E-state index contributed by atoms with van der Waals surface area (Å²) in [4.78, 5) is 4.00. The minimum atomic E-state index is -5.17. The van der Waals surface area contributed by atoms with Crippen molar-refractivity contribution >= 4 is 11.4 Å². The van der Waals surface area contributed by atoms with Crippen molar-refractivity contribution in [3.8, 4) is 17.0 Å². The number of aliphatic hydroxyl groups excluding tert-OH is 1. The number of nitrogens with one attached hydrogen (secondary N) is 1. The topological polar surface area (TPSA) is 124 Å². The summed E-state index contributed by atoms with van der Waals surface area (Å²) in [5, 5.41) is 20.7. The fourth-order valence-electron chi connectivity index (χ4n) is 3.27. The van der Waals surface area contributed by atoms with Gasteiger partial charge in [0.25, 0.3) is 0 Å². The molecule has 182 valence electrons. The molecule has 5 N–H and O–H groups in total. The van der Waals surface area contributed by atoms with Crippen molar-refractivity contribution in [2.24, 2.45) is 5.73 Å².